The van der Waals surface area contributed by atoms with Gasteiger partial charge in [-0.3, -0.25) is 0 Å². The van der Waals surface area contributed by atoms with E-state index in [1.165, 1.54) is 5.69 Å². The first kappa shape index (κ1) is 17.3. The Hall–Kier alpha value is -1.75. The van der Waals surface area contributed by atoms with Crippen molar-refractivity contribution in [3.63, 3.8) is 0 Å². The Labute approximate surface area is 128 Å². The first-order chi connectivity index (χ1) is 9.85. The van der Waals surface area contributed by atoms with Gasteiger partial charge in [-0.2, -0.15) is 0 Å². The van der Waals surface area contributed by atoms with Gasteiger partial charge in [-0.25, -0.2) is 0 Å². The number of amidine groups is 1. The topological polar surface area (TPSA) is 65.1 Å². The monoisotopic (exact) mass is 292 g/mol. The molecule has 0 atom stereocenters. The second-order valence-electron chi connectivity index (χ2n) is 6.13. The van der Waals surface area contributed by atoms with Gasteiger partial charge in [-0.05, 0) is 50.7 Å². The Morgan fingerprint density at radius 1 is 1.29 bits per heavy atom. The zero-order valence-electron chi connectivity index (χ0n) is 13.8. The van der Waals surface area contributed by atoms with Crippen LogP contribution in [0.2, 0.25) is 0 Å². The summed E-state index contributed by atoms with van der Waals surface area (Å²) in [6.45, 7) is 9.43. The van der Waals surface area contributed by atoms with Crippen molar-refractivity contribution in [2.24, 2.45) is 16.8 Å². The van der Waals surface area contributed by atoms with Crippen LogP contribution in [0, 0.1) is 12.8 Å². The Morgan fingerprint density at radius 3 is 2.43 bits per heavy atom. The summed E-state index contributed by atoms with van der Waals surface area (Å²) in [5.41, 5.74) is 8.65. The summed E-state index contributed by atoms with van der Waals surface area (Å²) in [6.07, 6.45) is 0. The van der Waals surface area contributed by atoms with Crippen molar-refractivity contribution in [3.8, 4) is 0 Å². The van der Waals surface area contributed by atoms with E-state index >= 15 is 0 Å². The molecule has 0 amide bonds. The second kappa shape index (κ2) is 7.88. The minimum Gasteiger partial charge on any atom is -0.409 e. The van der Waals surface area contributed by atoms with E-state index in [2.05, 4.69) is 49.0 Å². The number of likely N-dealkylation sites (N-methyl/N-ethyl adjacent to an activating group) is 1. The lowest BCUT2D eigenvalue weighted by atomic mass is 10.1. The van der Waals surface area contributed by atoms with Crippen molar-refractivity contribution in [1.82, 2.24) is 4.90 Å². The van der Waals surface area contributed by atoms with Crippen LogP contribution in [-0.2, 0) is 0 Å². The van der Waals surface area contributed by atoms with Gasteiger partial charge >= 0.3 is 0 Å². The van der Waals surface area contributed by atoms with Gasteiger partial charge < -0.3 is 20.7 Å². The lowest BCUT2D eigenvalue weighted by molar-refractivity contribution is 0.318. The third kappa shape index (κ3) is 5.27. The molecule has 0 aromatic heterocycles. The molecule has 5 heteroatoms. The van der Waals surface area contributed by atoms with E-state index < -0.39 is 0 Å². The molecular weight excluding hydrogens is 264 g/mol. The van der Waals surface area contributed by atoms with Gasteiger partial charge in [0.1, 0.15) is 0 Å². The van der Waals surface area contributed by atoms with E-state index in [9.17, 15) is 0 Å². The number of nitrogens with zero attached hydrogens (tertiary/aromatic N) is 3. The highest BCUT2D eigenvalue weighted by Gasteiger charge is 2.12. The summed E-state index contributed by atoms with van der Waals surface area (Å²) in [6, 6.07) is 6.06. The van der Waals surface area contributed by atoms with E-state index in [-0.39, 0.29) is 5.84 Å². The Balaban J connectivity index is 2.99. The number of anilines is 1. The lowest BCUT2D eigenvalue weighted by Crippen LogP contribution is -2.34. The maximum Gasteiger partial charge on any atom is 0.170 e. The zero-order chi connectivity index (χ0) is 16.0. The van der Waals surface area contributed by atoms with Gasteiger partial charge in [0.25, 0.3) is 0 Å². The van der Waals surface area contributed by atoms with Crippen LogP contribution >= 0.6 is 0 Å². The fraction of sp³-hybridized carbons (Fsp3) is 0.562. The van der Waals surface area contributed by atoms with Gasteiger partial charge in [0.05, 0.1) is 0 Å². The molecule has 0 aliphatic carbocycles. The quantitative estimate of drug-likeness (QED) is 0.350. The zero-order valence-corrected chi connectivity index (χ0v) is 13.8. The number of hydrogen-bond donors (Lipinski definition) is 2. The molecule has 1 aromatic rings. The molecule has 0 fully saturated rings. The molecule has 0 aliphatic heterocycles. The summed E-state index contributed by atoms with van der Waals surface area (Å²) in [5, 5.41) is 11.9. The number of benzene rings is 1. The van der Waals surface area contributed by atoms with Crippen LogP contribution in [0.15, 0.2) is 23.4 Å². The first-order valence-corrected chi connectivity index (χ1v) is 7.33. The summed E-state index contributed by atoms with van der Waals surface area (Å²) >= 11 is 0. The summed E-state index contributed by atoms with van der Waals surface area (Å²) in [7, 11) is 4.17. The van der Waals surface area contributed by atoms with Crippen LogP contribution < -0.4 is 10.6 Å². The van der Waals surface area contributed by atoms with Crippen LogP contribution in [0.25, 0.3) is 0 Å². The summed E-state index contributed by atoms with van der Waals surface area (Å²) in [4.78, 5) is 4.57. The third-order valence-corrected chi connectivity index (χ3v) is 3.36. The van der Waals surface area contributed by atoms with Gasteiger partial charge in [0.15, 0.2) is 5.84 Å². The largest absolute Gasteiger partial charge is 0.409 e. The molecule has 0 bridgehead atoms. The maximum atomic E-state index is 8.80. The van der Waals surface area contributed by atoms with Crippen LogP contribution in [0.3, 0.4) is 0 Å². The predicted octanol–water partition coefficient (Wildman–Crippen LogP) is 2.11. The van der Waals surface area contributed by atoms with Crippen molar-refractivity contribution >= 4 is 11.5 Å². The molecule has 5 nitrogen and oxygen atoms in total. The first-order valence-electron chi connectivity index (χ1n) is 7.33. The normalized spacial score (nSPS) is 12.2. The number of aryl methyl sites for hydroxylation is 1. The standard InChI is InChI=1S/C16H28N4O/c1-12(2)11-20(9-8-19(4)5)14-6-7-15(13(3)10-14)16(17)18-21/h6-7,10,12,21H,8-9,11H2,1-5H3,(H2,17,18). The van der Waals surface area contributed by atoms with Crippen LogP contribution in [0.4, 0.5) is 5.69 Å². The van der Waals surface area contributed by atoms with Crippen molar-refractivity contribution in [1.29, 1.82) is 0 Å². The fourth-order valence-corrected chi connectivity index (χ4v) is 2.27. The molecule has 118 valence electrons. The van der Waals surface area contributed by atoms with Gasteiger partial charge in [0, 0.05) is 30.9 Å². The molecule has 0 saturated carbocycles. The number of rotatable bonds is 7. The summed E-state index contributed by atoms with van der Waals surface area (Å²) in [5.74, 6) is 0.749. The van der Waals surface area contributed by atoms with Crippen molar-refractivity contribution in [3.05, 3.63) is 29.3 Å². The van der Waals surface area contributed by atoms with E-state index in [0.29, 0.717) is 5.92 Å². The molecule has 1 rings (SSSR count). The SMILES string of the molecule is Cc1cc(N(CCN(C)C)CC(C)C)ccc1/C(N)=N/O. The van der Waals surface area contributed by atoms with Crippen molar-refractivity contribution in [2.45, 2.75) is 20.8 Å². The average Bonchev–Trinajstić information content (AvgIpc) is 2.42. The Bertz CT molecular complexity index is 483. The number of hydrogen-bond acceptors (Lipinski definition) is 4. The molecule has 0 radical (unpaired) electrons. The van der Waals surface area contributed by atoms with Crippen molar-refractivity contribution < 1.29 is 5.21 Å². The maximum absolute atomic E-state index is 8.80. The third-order valence-electron chi connectivity index (χ3n) is 3.36. The summed E-state index contributed by atoms with van der Waals surface area (Å²) < 4.78 is 0. The minimum atomic E-state index is 0.155. The molecule has 21 heavy (non-hydrogen) atoms. The number of nitrogens with two attached hydrogens (primary N) is 1. The smallest absolute Gasteiger partial charge is 0.170 e. The average molecular weight is 292 g/mol. The molecule has 3 N–H and O–H groups in total. The molecule has 0 spiro atoms. The second-order valence-corrected chi connectivity index (χ2v) is 6.13. The predicted molar refractivity (Wildman–Crippen MR) is 89.3 cm³/mol. The Kier molecular flexibility index (Phi) is 6.49. The van der Waals surface area contributed by atoms with E-state index in [1.807, 2.05) is 19.1 Å². The lowest BCUT2D eigenvalue weighted by Gasteiger charge is -2.28. The van der Waals surface area contributed by atoms with Crippen LogP contribution in [-0.4, -0.2) is 49.7 Å². The minimum absolute atomic E-state index is 0.155. The highest BCUT2D eigenvalue weighted by Crippen LogP contribution is 2.20. The Morgan fingerprint density at radius 2 is 1.95 bits per heavy atom. The van der Waals surface area contributed by atoms with Crippen molar-refractivity contribution in [2.75, 3.05) is 38.6 Å². The van der Waals surface area contributed by atoms with Gasteiger partial charge in [0.2, 0.25) is 0 Å². The molecular formula is C16H28N4O. The number of oxime groups is 1. The molecule has 0 aliphatic rings. The molecule has 0 unspecified atom stereocenters. The molecule has 0 heterocycles. The van der Waals surface area contributed by atoms with Gasteiger partial charge in [-0.1, -0.05) is 19.0 Å². The van der Waals surface area contributed by atoms with Crippen LogP contribution in [0.1, 0.15) is 25.0 Å². The highest BCUT2D eigenvalue weighted by molar-refractivity contribution is 5.98. The fourth-order valence-electron chi connectivity index (χ4n) is 2.27. The molecule has 1 aromatic carbocycles. The molecule has 0 saturated heterocycles. The van der Waals surface area contributed by atoms with Gasteiger partial charge in [-0.15, -0.1) is 0 Å². The highest BCUT2D eigenvalue weighted by atomic mass is 16.4. The van der Waals surface area contributed by atoms with E-state index in [1.54, 1.807) is 0 Å². The van der Waals surface area contributed by atoms with E-state index in [0.717, 1.165) is 30.8 Å². The van der Waals surface area contributed by atoms with Crippen LogP contribution in [0.5, 0.6) is 0 Å². The van der Waals surface area contributed by atoms with E-state index in [4.69, 9.17) is 10.9 Å².